The number of carbonyl (C=O) groups excluding carboxylic acids is 2. The van der Waals surface area contributed by atoms with Gasteiger partial charge in [-0.15, -0.1) is 0 Å². The normalized spacial score (nSPS) is 13.2. The fraction of sp³-hybridized carbons (Fsp3) is 0.481. The average Bonchev–Trinajstić information content (AvgIpc) is 2.76. The summed E-state index contributed by atoms with van der Waals surface area (Å²) >= 11 is 3.56. The lowest BCUT2D eigenvalue weighted by Crippen LogP contribution is -2.50. The molecular weight excluding hydrogens is 480 g/mol. The van der Waals surface area contributed by atoms with E-state index in [1.54, 1.807) is 11.8 Å². The number of ether oxygens (including phenoxy) is 1. The molecule has 5 nitrogen and oxygen atoms in total. The molecule has 0 aliphatic rings. The monoisotopic (exact) mass is 516 g/mol. The lowest BCUT2D eigenvalue weighted by molar-refractivity contribution is -0.142. The summed E-state index contributed by atoms with van der Waals surface area (Å²) < 4.78 is 6.68. The SMILES string of the molecule is CC[C@H](C)NC(=O)[C@H](C)N(Cc1ccccc1C)C(=O)COc1ccc(C(C)(C)C)cc1Br. The van der Waals surface area contributed by atoms with E-state index in [1.165, 1.54) is 5.56 Å². The first-order chi connectivity index (χ1) is 15.4. The maximum atomic E-state index is 13.3. The third kappa shape index (κ3) is 7.60. The maximum absolute atomic E-state index is 13.3. The minimum atomic E-state index is -0.624. The topological polar surface area (TPSA) is 58.6 Å². The highest BCUT2D eigenvalue weighted by atomic mass is 79.9. The minimum Gasteiger partial charge on any atom is -0.483 e. The molecule has 0 fully saturated rings. The molecule has 0 heterocycles. The van der Waals surface area contributed by atoms with E-state index < -0.39 is 6.04 Å². The standard InChI is InChI=1S/C27H37BrN2O3/c1-8-19(3)29-26(32)20(4)30(16-21-12-10-9-11-18(21)2)25(31)17-33-24-14-13-22(15-23(24)28)27(5,6)7/h9-15,19-20H,8,16-17H2,1-7H3,(H,29,32)/t19-,20-/m0/s1. The molecule has 0 aliphatic heterocycles. The number of hydrogen-bond donors (Lipinski definition) is 1. The molecule has 2 atom stereocenters. The molecule has 6 heteroatoms. The molecule has 0 saturated heterocycles. The number of nitrogens with zero attached hydrogens (tertiary/aromatic N) is 1. The minimum absolute atomic E-state index is 0.0135. The van der Waals surface area contributed by atoms with Gasteiger partial charge in [-0.1, -0.05) is 58.0 Å². The highest BCUT2D eigenvalue weighted by Gasteiger charge is 2.27. The van der Waals surface area contributed by atoms with Gasteiger partial charge in [-0.25, -0.2) is 0 Å². The summed E-state index contributed by atoms with van der Waals surface area (Å²) in [5.74, 6) is 0.197. The molecule has 0 bridgehead atoms. The first kappa shape index (κ1) is 26.9. The summed E-state index contributed by atoms with van der Waals surface area (Å²) in [4.78, 5) is 27.7. The Hall–Kier alpha value is -2.34. The van der Waals surface area contributed by atoms with Gasteiger partial charge in [-0.2, -0.15) is 0 Å². The first-order valence-electron chi connectivity index (χ1n) is 11.5. The molecule has 2 rings (SSSR count). The zero-order valence-electron chi connectivity index (χ0n) is 20.9. The summed E-state index contributed by atoms with van der Waals surface area (Å²) in [6, 6.07) is 13.2. The third-order valence-corrected chi connectivity index (χ3v) is 6.54. The molecule has 180 valence electrons. The summed E-state index contributed by atoms with van der Waals surface area (Å²) in [5, 5.41) is 2.99. The van der Waals surface area contributed by atoms with Gasteiger partial charge in [-0.05, 0) is 77.4 Å². The van der Waals surface area contributed by atoms with Crippen LogP contribution in [-0.2, 0) is 21.5 Å². The van der Waals surface area contributed by atoms with E-state index in [4.69, 9.17) is 4.74 Å². The number of carbonyl (C=O) groups is 2. The van der Waals surface area contributed by atoms with Crippen molar-refractivity contribution in [3.63, 3.8) is 0 Å². The highest BCUT2D eigenvalue weighted by molar-refractivity contribution is 9.10. The summed E-state index contributed by atoms with van der Waals surface area (Å²) in [7, 11) is 0. The van der Waals surface area contributed by atoms with E-state index in [9.17, 15) is 9.59 Å². The first-order valence-corrected chi connectivity index (χ1v) is 12.3. The zero-order chi connectivity index (χ0) is 24.8. The molecule has 0 unspecified atom stereocenters. The van der Waals surface area contributed by atoms with Crippen LogP contribution in [0.25, 0.3) is 0 Å². The maximum Gasteiger partial charge on any atom is 0.261 e. The quantitative estimate of drug-likeness (QED) is 0.460. The van der Waals surface area contributed by atoms with Crippen LogP contribution in [-0.4, -0.2) is 35.4 Å². The van der Waals surface area contributed by atoms with Crippen molar-refractivity contribution in [1.82, 2.24) is 10.2 Å². The third-order valence-electron chi connectivity index (χ3n) is 5.92. The molecule has 2 aromatic carbocycles. The predicted molar refractivity (Wildman–Crippen MR) is 137 cm³/mol. The van der Waals surface area contributed by atoms with E-state index in [2.05, 4.69) is 42.0 Å². The number of halogens is 1. The Bertz CT molecular complexity index is 968. The van der Waals surface area contributed by atoms with Crippen LogP contribution in [0.1, 0.15) is 64.7 Å². The summed E-state index contributed by atoms with van der Waals surface area (Å²) in [6.07, 6.45) is 0.825. The molecule has 0 radical (unpaired) electrons. The van der Waals surface area contributed by atoms with E-state index in [0.29, 0.717) is 12.3 Å². The van der Waals surface area contributed by atoms with Crippen molar-refractivity contribution in [3.05, 3.63) is 63.6 Å². The van der Waals surface area contributed by atoms with Gasteiger partial charge in [0.1, 0.15) is 11.8 Å². The average molecular weight is 518 g/mol. The molecule has 2 amide bonds. The molecule has 33 heavy (non-hydrogen) atoms. The predicted octanol–water partition coefficient (Wildman–Crippen LogP) is 5.77. The van der Waals surface area contributed by atoms with E-state index in [-0.39, 0.29) is 29.9 Å². The number of benzene rings is 2. The number of rotatable bonds is 9. The number of aryl methyl sites for hydroxylation is 1. The van der Waals surface area contributed by atoms with Gasteiger partial charge in [0.05, 0.1) is 4.47 Å². The van der Waals surface area contributed by atoms with Crippen LogP contribution in [0.3, 0.4) is 0 Å². The van der Waals surface area contributed by atoms with E-state index >= 15 is 0 Å². The van der Waals surface area contributed by atoms with Crippen molar-refractivity contribution < 1.29 is 14.3 Å². The molecule has 0 saturated carbocycles. The highest BCUT2D eigenvalue weighted by Crippen LogP contribution is 2.31. The van der Waals surface area contributed by atoms with Crippen molar-refractivity contribution in [3.8, 4) is 5.75 Å². The Morgan fingerprint density at radius 3 is 2.36 bits per heavy atom. The Balaban J connectivity index is 2.20. The largest absolute Gasteiger partial charge is 0.483 e. The van der Waals surface area contributed by atoms with E-state index in [1.807, 2.05) is 63.2 Å². The van der Waals surface area contributed by atoms with Crippen molar-refractivity contribution >= 4 is 27.7 Å². The van der Waals surface area contributed by atoms with Crippen LogP contribution in [0, 0.1) is 6.92 Å². The Morgan fingerprint density at radius 1 is 1.12 bits per heavy atom. The van der Waals surface area contributed by atoms with Gasteiger partial charge in [0.25, 0.3) is 5.91 Å². The van der Waals surface area contributed by atoms with Gasteiger partial charge < -0.3 is 15.0 Å². The Labute approximate surface area is 207 Å². The second kappa shape index (κ2) is 11.7. The molecule has 0 aromatic heterocycles. The van der Waals surface area contributed by atoms with Crippen LogP contribution in [0.15, 0.2) is 46.9 Å². The molecule has 1 N–H and O–H groups in total. The van der Waals surface area contributed by atoms with Gasteiger partial charge in [0.2, 0.25) is 5.91 Å². The molecule has 2 aromatic rings. The zero-order valence-corrected chi connectivity index (χ0v) is 22.5. The van der Waals surface area contributed by atoms with Crippen LogP contribution in [0.5, 0.6) is 5.75 Å². The smallest absolute Gasteiger partial charge is 0.261 e. The molecular formula is C27H37BrN2O3. The Morgan fingerprint density at radius 2 is 1.79 bits per heavy atom. The van der Waals surface area contributed by atoms with Gasteiger partial charge >= 0.3 is 0 Å². The van der Waals surface area contributed by atoms with Gasteiger partial charge in [-0.3, -0.25) is 9.59 Å². The fourth-order valence-corrected chi connectivity index (χ4v) is 3.82. The van der Waals surface area contributed by atoms with Crippen molar-refractivity contribution in [2.75, 3.05) is 6.61 Å². The number of amides is 2. The van der Waals surface area contributed by atoms with Gasteiger partial charge in [0.15, 0.2) is 6.61 Å². The summed E-state index contributed by atoms with van der Waals surface area (Å²) in [5.41, 5.74) is 3.26. The van der Waals surface area contributed by atoms with Crippen LogP contribution in [0.4, 0.5) is 0 Å². The molecule has 0 aliphatic carbocycles. The van der Waals surface area contributed by atoms with Crippen molar-refractivity contribution in [2.45, 2.75) is 78.9 Å². The number of hydrogen-bond acceptors (Lipinski definition) is 3. The Kier molecular flexibility index (Phi) is 9.53. The second-order valence-corrected chi connectivity index (χ2v) is 10.5. The molecule has 0 spiro atoms. The lowest BCUT2D eigenvalue weighted by atomic mass is 9.87. The van der Waals surface area contributed by atoms with Gasteiger partial charge in [0, 0.05) is 12.6 Å². The number of nitrogens with one attached hydrogen (secondary N) is 1. The fourth-order valence-electron chi connectivity index (χ4n) is 3.33. The van der Waals surface area contributed by atoms with Crippen LogP contribution < -0.4 is 10.1 Å². The van der Waals surface area contributed by atoms with Crippen LogP contribution >= 0.6 is 15.9 Å². The van der Waals surface area contributed by atoms with Crippen LogP contribution in [0.2, 0.25) is 0 Å². The second-order valence-electron chi connectivity index (χ2n) is 9.63. The van der Waals surface area contributed by atoms with E-state index in [0.717, 1.165) is 22.0 Å². The lowest BCUT2D eigenvalue weighted by Gasteiger charge is -2.30. The van der Waals surface area contributed by atoms with Crippen molar-refractivity contribution in [1.29, 1.82) is 0 Å². The summed E-state index contributed by atoms with van der Waals surface area (Å²) in [6.45, 7) is 14.4. The van der Waals surface area contributed by atoms with Crippen molar-refractivity contribution in [2.24, 2.45) is 0 Å².